The molecule has 3 aliphatic heterocycles. The first-order valence-electron chi connectivity index (χ1n) is 16.6. The second kappa shape index (κ2) is 13.6. The number of ether oxygens (including phenoxy) is 2. The van der Waals surface area contributed by atoms with Gasteiger partial charge in [-0.3, -0.25) is 14.4 Å². The van der Waals surface area contributed by atoms with Gasteiger partial charge in [-0.2, -0.15) is 0 Å². The number of hydrogen-bond acceptors (Lipinski definition) is 6. The second-order valence-corrected chi connectivity index (χ2v) is 13.5. The van der Waals surface area contributed by atoms with E-state index in [0.29, 0.717) is 25.8 Å². The molecule has 44 heavy (non-hydrogen) atoms. The van der Waals surface area contributed by atoms with Crippen molar-refractivity contribution in [3.05, 3.63) is 61.2 Å². The molecular formula is C36H50N2O6. The van der Waals surface area contributed by atoms with Crippen LogP contribution >= 0.6 is 0 Å². The van der Waals surface area contributed by atoms with Gasteiger partial charge in [0.15, 0.2) is 0 Å². The number of benzene rings is 1. The molecule has 0 aromatic heterocycles. The molecule has 3 unspecified atom stereocenters. The number of rotatable bonds is 14. The predicted octanol–water partition coefficient (Wildman–Crippen LogP) is 4.85. The average molecular weight is 607 g/mol. The molecule has 3 saturated heterocycles. The first kappa shape index (κ1) is 32.4. The fourth-order valence-electron chi connectivity index (χ4n) is 8.61. The van der Waals surface area contributed by atoms with Crippen LogP contribution in [-0.4, -0.2) is 81.8 Å². The highest BCUT2D eigenvalue weighted by Gasteiger charge is 2.80. The molecule has 2 bridgehead atoms. The lowest BCUT2D eigenvalue weighted by Crippen LogP contribution is -2.60. The van der Waals surface area contributed by atoms with Crippen LogP contribution in [0.25, 0.3) is 0 Å². The van der Waals surface area contributed by atoms with Crippen LogP contribution in [0.4, 0.5) is 0 Å². The molecule has 1 aliphatic carbocycles. The van der Waals surface area contributed by atoms with E-state index in [1.807, 2.05) is 55.2 Å². The Morgan fingerprint density at radius 2 is 1.89 bits per heavy atom. The number of nitrogens with zero attached hydrogens (tertiary/aromatic N) is 2. The fourth-order valence-corrected chi connectivity index (χ4v) is 8.61. The molecule has 1 N–H and O–H groups in total. The Morgan fingerprint density at radius 1 is 1.16 bits per heavy atom. The van der Waals surface area contributed by atoms with Crippen LogP contribution in [0.5, 0.6) is 0 Å². The van der Waals surface area contributed by atoms with Crippen LogP contribution in [-0.2, 0) is 30.3 Å². The third-order valence-corrected chi connectivity index (χ3v) is 10.8. The summed E-state index contributed by atoms with van der Waals surface area (Å²) in [6.07, 6.45) is 11.9. The minimum absolute atomic E-state index is 0.0475. The van der Waals surface area contributed by atoms with Crippen LogP contribution in [0.3, 0.4) is 0 Å². The number of esters is 1. The largest absolute Gasteiger partial charge is 0.465 e. The smallest absolute Gasteiger partial charge is 0.312 e. The maximum Gasteiger partial charge on any atom is 0.312 e. The van der Waals surface area contributed by atoms with Gasteiger partial charge in [-0.1, -0.05) is 68.7 Å². The fraction of sp³-hybridized carbons (Fsp3) is 0.639. The zero-order valence-electron chi connectivity index (χ0n) is 26.5. The van der Waals surface area contributed by atoms with Crippen molar-refractivity contribution < 1.29 is 29.0 Å². The molecule has 2 amide bonds. The van der Waals surface area contributed by atoms with E-state index in [9.17, 15) is 19.5 Å². The summed E-state index contributed by atoms with van der Waals surface area (Å²) < 4.78 is 12.7. The zero-order valence-corrected chi connectivity index (χ0v) is 26.5. The van der Waals surface area contributed by atoms with Crippen molar-refractivity contribution in [1.29, 1.82) is 0 Å². The van der Waals surface area contributed by atoms with Crippen molar-refractivity contribution in [3.63, 3.8) is 0 Å². The van der Waals surface area contributed by atoms with Gasteiger partial charge in [-0.05, 0) is 63.4 Å². The van der Waals surface area contributed by atoms with Gasteiger partial charge in [-0.15, -0.1) is 13.2 Å². The highest BCUT2D eigenvalue weighted by atomic mass is 16.6. The third kappa shape index (κ3) is 5.64. The molecule has 0 radical (unpaired) electrons. The molecule has 8 heteroatoms. The summed E-state index contributed by atoms with van der Waals surface area (Å²) in [7, 11) is 0. The van der Waals surface area contributed by atoms with Crippen LogP contribution in [0.2, 0.25) is 0 Å². The summed E-state index contributed by atoms with van der Waals surface area (Å²) in [4.78, 5) is 47.0. The van der Waals surface area contributed by atoms with Crippen molar-refractivity contribution in [3.8, 4) is 0 Å². The van der Waals surface area contributed by atoms with Crippen molar-refractivity contribution >= 4 is 17.8 Å². The first-order chi connectivity index (χ1) is 21.2. The van der Waals surface area contributed by atoms with Crippen molar-refractivity contribution in [2.75, 3.05) is 19.8 Å². The Morgan fingerprint density at radius 3 is 2.55 bits per heavy atom. The van der Waals surface area contributed by atoms with Gasteiger partial charge < -0.3 is 24.4 Å². The molecule has 4 fully saturated rings. The number of allylic oxidation sites excluding steroid dienone is 1. The number of aliphatic hydroxyl groups excluding tert-OH is 1. The maximum atomic E-state index is 14.9. The predicted molar refractivity (Wildman–Crippen MR) is 168 cm³/mol. The topological polar surface area (TPSA) is 96.4 Å². The summed E-state index contributed by atoms with van der Waals surface area (Å²) in [6.45, 7) is 12.0. The summed E-state index contributed by atoms with van der Waals surface area (Å²) >= 11 is 0. The monoisotopic (exact) mass is 606 g/mol. The van der Waals surface area contributed by atoms with Crippen molar-refractivity contribution in [2.24, 2.45) is 17.8 Å². The van der Waals surface area contributed by atoms with E-state index in [1.54, 1.807) is 11.0 Å². The quantitative estimate of drug-likeness (QED) is 0.185. The van der Waals surface area contributed by atoms with Crippen LogP contribution in [0.15, 0.2) is 55.6 Å². The van der Waals surface area contributed by atoms with Gasteiger partial charge in [0.1, 0.15) is 17.6 Å². The van der Waals surface area contributed by atoms with Crippen LogP contribution < -0.4 is 0 Å². The summed E-state index contributed by atoms with van der Waals surface area (Å²) in [5.74, 6) is -2.69. The zero-order chi connectivity index (χ0) is 31.5. The maximum absolute atomic E-state index is 14.9. The van der Waals surface area contributed by atoms with E-state index in [0.717, 1.165) is 50.5 Å². The molecule has 7 atom stereocenters. The first-order valence-corrected chi connectivity index (χ1v) is 16.6. The Bertz CT molecular complexity index is 1210. The van der Waals surface area contributed by atoms with Gasteiger partial charge >= 0.3 is 5.97 Å². The van der Waals surface area contributed by atoms with Gasteiger partial charge in [-0.25, -0.2) is 0 Å². The van der Waals surface area contributed by atoms with E-state index in [4.69, 9.17) is 9.47 Å². The molecule has 1 spiro atoms. The highest BCUT2D eigenvalue weighted by Crippen LogP contribution is 2.65. The molecule has 1 aromatic carbocycles. The molecule has 8 nitrogen and oxygen atoms in total. The number of carbonyl (C=O) groups is 3. The van der Waals surface area contributed by atoms with Gasteiger partial charge in [0.05, 0.1) is 30.8 Å². The Kier molecular flexibility index (Phi) is 10.0. The van der Waals surface area contributed by atoms with Crippen molar-refractivity contribution in [1.82, 2.24) is 9.80 Å². The molecule has 1 aromatic rings. The Balaban J connectivity index is 1.55. The second-order valence-electron chi connectivity index (χ2n) is 13.5. The van der Waals surface area contributed by atoms with E-state index >= 15 is 0 Å². The lowest BCUT2D eigenvalue weighted by molar-refractivity contribution is -0.164. The van der Waals surface area contributed by atoms with Crippen LogP contribution in [0.1, 0.15) is 77.2 Å². The van der Waals surface area contributed by atoms with Crippen molar-refractivity contribution in [2.45, 2.75) is 107 Å². The normalized spacial score (nSPS) is 31.9. The number of amides is 2. The number of likely N-dealkylation sites (tertiary alicyclic amines) is 1. The number of hydrogen-bond donors (Lipinski definition) is 1. The van der Waals surface area contributed by atoms with Gasteiger partial charge in [0, 0.05) is 12.6 Å². The van der Waals surface area contributed by atoms with Gasteiger partial charge in [0.2, 0.25) is 11.8 Å². The number of carbonyl (C=O) groups excluding carboxylic acids is 3. The van der Waals surface area contributed by atoms with E-state index in [-0.39, 0.29) is 37.0 Å². The lowest BCUT2D eigenvalue weighted by atomic mass is 9.62. The molecule has 5 rings (SSSR count). The molecule has 240 valence electrons. The lowest BCUT2D eigenvalue weighted by Gasteiger charge is -2.42. The number of fused-ring (bicyclic) bond motifs is 1. The molecule has 4 aliphatic rings. The SMILES string of the molecule is C=CCCCCOC(=O)[C@H]1[C@H]2C(=O)N([C@@H](CO)Cc3ccccc3)C(C(=O)N(CC=C)C3CCCCC3)C23CC(C)[C@]1(C)O3. The Labute approximate surface area is 262 Å². The summed E-state index contributed by atoms with van der Waals surface area (Å²) in [5, 5.41) is 10.8. The summed E-state index contributed by atoms with van der Waals surface area (Å²) in [5.41, 5.74) is -1.17. The molecule has 3 heterocycles. The minimum Gasteiger partial charge on any atom is -0.465 e. The standard InChI is InChI=1S/C36H50N2O6/c1-5-7-8-15-21-43-34(42)30-29-32(40)38(28(24-39)22-26-16-11-9-12-17-26)31(36(29)23-25(3)35(30,4)44-36)33(41)37(20-6-2)27-18-13-10-14-19-27/h5-6,9,11-12,16-17,25,27-31,39H,1-2,7-8,10,13-15,18-24H2,3-4H3/t25?,28-,29+,30-,31?,35+,36?/m1/s1. The average Bonchev–Trinajstić information content (AvgIpc) is 3.55. The Hall–Kier alpha value is -2.97. The number of aliphatic hydroxyl groups is 1. The van der Waals surface area contributed by atoms with Crippen LogP contribution in [0, 0.1) is 17.8 Å². The third-order valence-electron chi connectivity index (χ3n) is 10.8. The van der Waals surface area contributed by atoms with E-state index < -0.39 is 41.1 Å². The number of unbranched alkanes of at least 4 members (excludes halogenated alkanes) is 2. The molecular weight excluding hydrogens is 556 g/mol. The summed E-state index contributed by atoms with van der Waals surface area (Å²) in [6, 6.07) is 8.13. The van der Waals surface area contributed by atoms with E-state index in [1.165, 1.54) is 0 Å². The minimum atomic E-state index is -1.19. The molecule has 1 saturated carbocycles. The van der Waals surface area contributed by atoms with Gasteiger partial charge in [0.25, 0.3) is 0 Å². The van der Waals surface area contributed by atoms with E-state index in [2.05, 4.69) is 13.2 Å². The highest BCUT2D eigenvalue weighted by molar-refractivity contribution is 5.99.